The number of hydrogen-bond donors (Lipinski definition) is 2. The number of nitrogen functional groups attached to an aromatic ring is 1. The normalized spacial score (nSPS) is 11.8. The van der Waals surface area contributed by atoms with Crippen LogP contribution in [0.15, 0.2) is 41.4 Å². The van der Waals surface area contributed by atoms with Crippen LogP contribution in [0, 0.1) is 0 Å². The van der Waals surface area contributed by atoms with E-state index in [-0.39, 0.29) is 11.4 Å². The first kappa shape index (κ1) is 20.2. The van der Waals surface area contributed by atoms with Crippen LogP contribution in [-0.2, 0) is 12.3 Å². The standard InChI is InChI=1S/C19H20F2N8S/c1-28(2)8-11-4-3-5-13(6-11)29-9-12(16(26-29)18(20)21)10-30-14-7-15(22)23-19-17(14)24-27-25-19/h3-7,9,18H,8,10H2,1-2H3,(H3,22,23,24,25,27). The highest BCUT2D eigenvalue weighted by Gasteiger charge is 2.20. The van der Waals surface area contributed by atoms with Crippen LogP contribution in [0.3, 0.4) is 0 Å². The summed E-state index contributed by atoms with van der Waals surface area (Å²) in [5.74, 6) is 0.584. The summed E-state index contributed by atoms with van der Waals surface area (Å²) < 4.78 is 28.8. The molecule has 0 saturated carbocycles. The number of pyridine rings is 1. The molecule has 0 bridgehead atoms. The molecule has 11 heteroatoms. The van der Waals surface area contributed by atoms with Crippen molar-refractivity contribution >= 4 is 28.7 Å². The SMILES string of the molecule is CN(C)Cc1cccc(-n2cc(CSc3cc(N)nc4[nH]nnc34)c(C(F)F)n2)c1. The Morgan fingerprint density at radius 1 is 1.27 bits per heavy atom. The van der Waals surface area contributed by atoms with Crippen LogP contribution in [0.25, 0.3) is 16.9 Å². The van der Waals surface area contributed by atoms with Gasteiger partial charge in [-0.25, -0.2) is 23.5 Å². The number of aromatic amines is 1. The number of nitrogens with zero attached hydrogens (tertiary/aromatic N) is 6. The van der Waals surface area contributed by atoms with E-state index in [2.05, 4.69) is 25.5 Å². The van der Waals surface area contributed by atoms with Crippen molar-refractivity contribution in [3.8, 4) is 5.69 Å². The van der Waals surface area contributed by atoms with Gasteiger partial charge < -0.3 is 10.6 Å². The number of aromatic nitrogens is 6. The molecule has 0 saturated heterocycles. The van der Waals surface area contributed by atoms with Gasteiger partial charge >= 0.3 is 0 Å². The summed E-state index contributed by atoms with van der Waals surface area (Å²) in [5, 5.41) is 14.5. The minimum atomic E-state index is -2.68. The Morgan fingerprint density at radius 3 is 2.87 bits per heavy atom. The highest BCUT2D eigenvalue weighted by atomic mass is 32.2. The first-order valence-electron chi connectivity index (χ1n) is 9.11. The number of benzene rings is 1. The van der Waals surface area contributed by atoms with Crippen LogP contribution in [-0.4, -0.2) is 49.2 Å². The van der Waals surface area contributed by atoms with Crippen LogP contribution < -0.4 is 5.73 Å². The van der Waals surface area contributed by atoms with Crippen molar-refractivity contribution in [1.82, 2.24) is 35.1 Å². The van der Waals surface area contributed by atoms with Crippen LogP contribution in [0.5, 0.6) is 0 Å². The molecule has 0 amide bonds. The van der Waals surface area contributed by atoms with E-state index in [0.29, 0.717) is 27.4 Å². The fourth-order valence-electron chi connectivity index (χ4n) is 3.11. The van der Waals surface area contributed by atoms with Crippen LogP contribution in [0.1, 0.15) is 23.2 Å². The maximum Gasteiger partial charge on any atom is 0.282 e. The van der Waals surface area contributed by atoms with Crippen molar-refractivity contribution in [3.63, 3.8) is 0 Å². The van der Waals surface area contributed by atoms with E-state index in [4.69, 9.17) is 5.73 Å². The minimum Gasteiger partial charge on any atom is -0.384 e. The smallest absolute Gasteiger partial charge is 0.282 e. The molecule has 3 heterocycles. The fourth-order valence-corrected chi connectivity index (χ4v) is 4.12. The van der Waals surface area contributed by atoms with Gasteiger partial charge in [-0.3, -0.25) is 0 Å². The molecule has 1 aromatic carbocycles. The molecule has 0 radical (unpaired) electrons. The lowest BCUT2D eigenvalue weighted by Crippen LogP contribution is -2.10. The summed E-state index contributed by atoms with van der Waals surface area (Å²) in [6, 6.07) is 9.34. The van der Waals surface area contributed by atoms with Crippen molar-refractivity contribution in [2.24, 2.45) is 0 Å². The maximum absolute atomic E-state index is 13.7. The number of nitrogens with two attached hydrogens (primary N) is 1. The molecule has 0 aliphatic carbocycles. The van der Waals surface area contributed by atoms with E-state index in [1.165, 1.54) is 16.4 Å². The van der Waals surface area contributed by atoms with Crippen LogP contribution in [0.4, 0.5) is 14.6 Å². The first-order chi connectivity index (χ1) is 14.4. The molecule has 156 valence electrons. The Labute approximate surface area is 175 Å². The monoisotopic (exact) mass is 430 g/mol. The molecule has 3 aromatic heterocycles. The van der Waals surface area contributed by atoms with E-state index >= 15 is 0 Å². The summed E-state index contributed by atoms with van der Waals surface area (Å²) in [5.41, 5.74) is 8.85. The van der Waals surface area contributed by atoms with Gasteiger partial charge in [-0.2, -0.15) is 5.10 Å². The zero-order valence-corrected chi connectivity index (χ0v) is 17.2. The molecular formula is C19H20F2N8S. The molecule has 0 aliphatic heterocycles. The lowest BCUT2D eigenvalue weighted by Gasteiger charge is -2.10. The van der Waals surface area contributed by atoms with Crippen molar-refractivity contribution in [2.75, 3.05) is 19.8 Å². The zero-order chi connectivity index (χ0) is 21.3. The topological polar surface area (TPSA) is 102 Å². The Hall–Kier alpha value is -3.05. The van der Waals surface area contributed by atoms with Gasteiger partial charge in [0, 0.05) is 29.0 Å². The average molecular weight is 430 g/mol. The third-order valence-electron chi connectivity index (χ3n) is 4.37. The Morgan fingerprint density at radius 2 is 2.10 bits per heavy atom. The van der Waals surface area contributed by atoms with Gasteiger partial charge in [0.1, 0.15) is 17.0 Å². The van der Waals surface area contributed by atoms with Gasteiger partial charge in [0.15, 0.2) is 5.65 Å². The maximum atomic E-state index is 13.7. The van der Waals surface area contributed by atoms with Gasteiger partial charge in [0.25, 0.3) is 6.43 Å². The molecule has 0 aliphatic rings. The number of H-pyrrole nitrogens is 1. The van der Waals surface area contributed by atoms with E-state index in [0.717, 1.165) is 17.8 Å². The summed E-state index contributed by atoms with van der Waals surface area (Å²) >= 11 is 1.34. The van der Waals surface area contributed by atoms with E-state index in [9.17, 15) is 8.78 Å². The number of fused-ring (bicyclic) bond motifs is 1. The van der Waals surface area contributed by atoms with Gasteiger partial charge in [0.2, 0.25) is 0 Å². The number of rotatable bonds is 7. The molecule has 8 nitrogen and oxygen atoms in total. The molecular weight excluding hydrogens is 410 g/mol. The quantitative estimate of drug-likeness (QED) is 0.433. The molecule has 30 heavy (non-hydrogen) atoms. The van der Waals surface area contributed by atoms with Crippen molar-refractivity contribution in [1.29, 1.82) is 0 Å². The van der Waals surface area contributed by atoms with E-state index in [1.54, 1.807) is 12.3 Å². The Kier molecular flexibility index (Phi) is 5.64. The van der Waals surface area contributed by atoms with Gasteiger partial charge in [-0.05, 0) is 37.9 Å². The number of hydrogen-bond acceptors (Lipinski definition) is 7. The van der Waals surface area contributed by atoms with Crippen LogP contribution in [0.2, 0.25) is 0 Å². The molecule has 4 rings (SSSR count). The lowest BCUT2D eigenvalue weighted by molar-refractivity contribution is 0.144. The number of alkyl halides is 2. The number of halogens is 2. The summed E-state index contributed by atoms with van der Waals surface area (Å²) in [6.07, 6.45) is -1.03. The Balaban J connectivity index is 1.62. The van der Waals surface area contributed by atoms with E-state index in [1.807, 2.05) is 43.3 Å². The highest BCUT2D eigenvalue weighted by Crippen LogP contribution is 2.32. The van der Waals surface area contributed by atoms with Crippen molar-refractivity contribution in [2.45, 2.75) is 23.6 Å². The molecule has 4 aromatic rings. The number of anilines is 1. The second kappa shape index (κ2) is 8.36. The molecule has 0 unspecified atom stereocenters. The molecule has 0 fully saturated rings. The predicted molar refractivity (Wildman–Crippen MR) is 112 cm³/mol. The predicted octanol–water partition coefficient (Wildman–Crippen LogP) is 3.41. The second-order valence-corrected chi connectivity index (χ2v) is 8.05. The minimum absolute atomic E-state index is 0.237. The fraction of sp³-hybridized carbons (Fsp3) is 0.263. The molecule has 3 N–H and O–H groups in total. The largest absolute Gasteiger partial charge is 0.384 e. The molecule has 0 spiro atoms. The number of thioether (sulfide) groups is 1. The van der Waals surface area contributed by atoms with Crippen LogP contribution >= 0.6 is 11.8 Å². The average Bonchev–Trinajstić information content (AvgIpc) is 3.32. The molecule has 0 atom stereocenters. The summed E-state index contributed by atoms with van der Waals surface area (Å²) in [7, 11) is 3.95. The van der Waals surface area contributed by atoms with Crippen molar-refractivity contribution in [3.05, 3.63) is 53.3 Å². The van der Waals surface area contributed by atoms with Gasteiger partial charge in [-0.1, -0.05) is 17.3 Å². The summed E-state index contributed by atoms with van der Waals surface area (Å²) in [6.45, 7) is 0.747. The van der Waals surface area contributed by atoms with Crippen molar-refractivity contribution < 1.29 is 8.78 Å². The second-order valence-electron chi connectivity index (χ2n) is 7.04. The lowest BCUT2D eigenvalue weighted by atomic mass is 10.2. The number of nitrogens with one attached hydrogen (secondary N) is 1. The zero-order valence-electron chi connectivity index (χ0n) is 16.4. The Bertz CT molecular complexity index is 1170. The first-order valence-corrected chi connectivity index (χ1v) is 10.1. The third kappa shape index (κ3) is 4.26. The van der Waals surface area contributed by atoms with E-state index < -0.39 is 6.43 Å². The third-order valence-corrected chi connectivity index (χ3v) is 5.45. The van der Waals surface area contributed by atoms with Gasteiger partial charge in [-0.15, -0.1) is 16.9 Å². The summed E-state index contributed by atoms with van der Waals surface area (Å²) in [4.78, 5) is 6.87. The van der Waals surface area contributed by atoms with Gasteiger partial charge in [0.05, 0.1) is 5.69 Å². The highest BCUT2D eigenvalue weighted by molar-refractivity contribution is 7.98.